The van der Waals surface area contributed by atoms with Crippen molar-refractivity contribution in [2.24, 2.45) is 0 Å². The van der Waals surface area contributed by atoms with E-state index in [0.29, 0.717) is 5.75 Å². The molecule has 3 N–H and O–H groups in total. The second kappa shape index (κ2) is 22.1. The topological polar surface area (TPSA) is 144 Å². The van der Waals surface area contributed by atoms with Crippen molar-refractivity contribution in [2.75, 3.05) is 19.8 Å². The van der Waals surface area contributed by atoms with Gasteiger partial charge in [0.1, 0.15) is 42.4 Å². The monoisotopic (exact) mass is 1040 g/mol. The first-order chi connectivity index (χ1) is 35.1. The van der Waals surface area contributed by atoms with Crippen LogP contribution in [0.2, 0.25) is 10.1 Å². The largest absolute Gasteiger partial charge is 0.445 e. The van der Waals surface area contributed by atoms with Crippen molar-refractivity contribution in [3.63, 3.8) is 0 Å². The van der Waals surface area contributed by atoms with E-state index in [4.69, 9.17) is 54.2 Å². The summed E-state index contributed by atoms with van der Waals surface area (Å²) in [4.78, 5) is 0. The Bertz CT molecular complexity index is 2620. The third-order valence-electron chi connectivity index (χ3n) is 14.2. The summed E-state index contributed by atoms with van der Waals surface area (Å²) in [6.07, 6.45) is -11.7. The van der Waals surface area contributed by atoms with Gasteiger partial charge in [0.15, 0.2) is 12.4 Å². The van der Waals surface area contributed by atoms with Gasteiger partial charge in [-0.15, -0.1) is 0 Å². The van der Waals surface area contributed by atoms with E-state index in [0.717, 1.165) is 26.3 Å². The number of para-hydroxylation sites is 1. The van der Waals surface area contributed by atoms with Crippen molar-refractivity contribution < 1.29 is 57.3 Å². The van der Waals surface area contributed by atoms with Gasteiger partial charge in [0.05, 0.1) is 19.8 Å². The Labute approximate surface area is 436 Å². The maximum atomic E-state index is 12.8. The van der Waals surface area contributed by atoms with E-state index >= 15 is 0 Å². The molecule has 73 heavy (non-hydrogen) atoms. The second-order valence-electron chi connectivity index (χ2n) is 20.9. The number of fused-ring (bicyclic) bond motifs is 1. The lowest BCUT2D eigenvalue weighted by atomic mass is 9.97. The van der Waals surface area contributed by atoms with E-state index in [1.807, 2.05) is 109 Å². The smallest absolute Gasteiger partial charge is 0.358 e. The van der Waals surface area contributed by atoms with Crippen LogP contribution in [0.4, 0.5) is 0 Å². The summed E-state index contributed by atoms with van der Waals surface area (Å²) in [5, 5.41) is 40.5. The van der Waals surface area contributed by atoms with Gasteiger partial charge in [-0.1, -0.05) is 211 Å². The summed E-state index contributed by atoms with van der Waals surface area (Å²) in [7, 11) is -6.62. The highest BCUT2D eigenvalue weighted by Crippen LogP contribution is 2.44. The van der Waals surface area contributed by atoms with E-state index in [9.17, 15) is 15.3 Å². The van der Waals surface area contributed by atoms with E-state index in [2.05, 4.69) is 90.1 Å². The summed E-state index contributed by atoms with van der Waals surface area (Å²) >= 11 is 5.68. The van der Waals surface area contributed by atoms with Gasteiger partial charge in [-0.2, -0.15) is 0 Å². The molecule has 0 unspecified atom stereocenters. The Morgan fingerprint density at radius 1 is 0.603 bits per heavy atom. The third-order valence-corrected chi connectivity index (χ3v) is 24.3. The average molecular weight is 1040 g/mol. The van der Waals surface area contributed by atoms with Crippen LogP contribution in [-0.4, -0.2) is 112 Å². The average Bonchev–Trinajstić information content (AvgIpc) is 3.63. The normalized spacial score (nSPS) is 26.7. The second-order valence-corrected chi connectivity index (χ2v) is 29.9. The molecule has 0 spiro atoms. The lowest BCUT2D eigenvalue weighted by Gasteiger charge is -2.49. The molecule has 6 aromatic rings. The van der Waals surface area contributed by atoms with Gasteiger partial charge in [-0.05, 0) is 43.0 Å². The van der Waals surface area contributed by atoms with Crippen LogP contribution < -0.4 is 25.5 Å². The summed E-state index contributed by atoms with van der Waals surface area (Å²) in [5.74, 6) is -1.80. The summed E-state index contributed by atoms with van der Waals surface area (Å²) < 4.78 is 60.7. The Morgan fingerprint density at radius 2 is 1.05 bits per heavy atom. The molecule has 10 atom stereocenters. The van der Waals surface area contributed by atoms with Gasteiger partial charge in [0.25, 0.3) is 16.6 Å². The summed E-state index contributed by atoms with van der Waals surface area (Å²) in [6, 6.07) is 58.6. The van der Waals surface area contributed by atoms with Crippen LogP contribution in [0, 0.1) is 0 Å². The van der Waals surface area contributed by atoms with Gasteiger partial charge < -0.3 is 57.3 Å². The van der Waals surface area contributed by atoms with Crippen LogP contribution in [0.3, 0.4) is 0 Å². The van der Waals surface area contributed by atoms with Crippen LogP contribution in [0.15, 0.2) is 182 Å². The SMILES string of the molecule is CC(C)(C)[Si](OC[C@H]1O[C@@](CO[Si](c2ccccc2)(c2ccccc2)C(C)(C)C)(O[C@H]2O[C@@H]3CO[C@@H](c4ccccc4)O[C@H]3[C@H](O)[C@H]2OC(=S)Oc2ccccc2)[C@@H](O)[C@@H]1O)(c1ccccc1)c1ccccc1. The third kappa shape index (κ3) is 10.7. The van der Waals surface area contributed by atoms with Crippen LogP contribution in [0.5, 0.6) is 5.75 Å². The Kier molecular flexibility index (Phi) is 16.0. The van der Waals surface area contributed by atoms with Gasteiger partial charge in [0.2, 0.25) is 12.1 Å². The Balaban J connectivity index is 1.12. The molecule has 3 aliphatic heterocycles. The minimum atomic E-state index is -3.41. The molecule has 9 rings (SSSR count). The molecule has 0 aliphatic carbocycles. The molecule has 0 radical (unpaired) electrons. The van der Waals surface area contributed by atoms with Crippen molar-refractivity contribution in [1.29, 1.82) is 0 Å². The predicted octanol–water partition coefficient (Wildman–Crippen LogP) is 6.92. The summed E-state index contributed by atoms with van der Waals surface area (Å²) in [6.45, 7) is 12.3. The number of hydrogen-bond acceptors (Lipinski definition) is 13. The first kappa shape index (κ1) is 52.9. The lowest BCUT2D eigenvalue weighted by Crippen LogP contribution is -2.69. The van der Waals surface area contributed by atoms with Gasteiger partial charge in [-0.3, -0.25) is 0 Å². The molecule has 384 valence electrons. The van der Waals surface area contributed by atoms with Gasteiger partial charge >= 0.3 is 5.24 Å². The number of thiocarbonyl (C=S) groups is 1. The maximum absolute atomic E-state index is 12.8. The van der Waals surface area contributed by atoms with Crippen LogP contribution in [-0.2, 0) is 37.3 Å². The molecule has 15 heteroatoms. The highest BCUT2D eigenvalue weighted by molar-refractivity contribution is 7.79. The van der Waals surface area contributed by atoms with Crippen molar-refractivity contribution in [3.05, 3.63) is 188 Å². The molecule has 6 aromatic carbocycles. The standard InChI is InChI=1S/C58H66O12SSi2/c1-56(2,3)72(42-29-17-9-18-30-42,43-31-19-10-20-32-43)63-38-46-48(59)52(61)58(69-46,39-64-73(57(4,5)6,44-33-21-11-22-34-44)45-35-23-12-24-36-45)70-54-51(68-55(71)65-41-27-15-8-16-28-41)49(60)50-47(66-54)37-62-53(67-50)40-25-13-7-14-26-40/h7-36,46-54,59-61H,37-39H2,1-6H3/t46-,47-,48-,49+,50-,51-,52+,53-,54-,58+/m1/s1. The molecule has 0 aromatic heterocycles. The molecule has 3 saturated heterocycles. The fraction of sp³-hybridized carbons (Fsp3) is 0.362. The Hall–Kier alpha value is -4.96. The van der Waals surface area contributed by atoms with E-state index in [-0.39, 0.29) is 18.5 Å². The maximum Gasteiger partial charge on any atom is 0.358 e. The highest BCUT2D eigenvalue weighted by Gasteiger charge is 2.63. The molecule has 12 nitrogen and oxygen atoms in total. The number of rotatable bonds is 15. The number of benzene rings is 6. The van der Waals surface area contributed by atoms with Crippen molar-refractivity contribution in [3.8, 4) is 5.75 Å². The molecular weight excluding hydrogens is 977 g/mol. The van der Waals surface area contributed by atoms with E-state index in [1.165, 1.54) is 0 Å². The van der Waals surface area contributed by atoms with Crippen LogP contribution in [0.1, 0.15) is 53.4 Å². The molecule has 0 bridgehead atoms. The molecule has 0 amide bonds. The number of aliphatic hydroxyl groups excluding tert-OH is 3. The minimum Gasteiger partial charge on any atom is -0.445 e. The molecule has 3 fully saturated rings. The van der Waals surface area contributed by atoms with Crippen LogP contribution in [0.25, 0.3) is 0 Å². The van der Waals surface area contributed by atoms with Crippen LogP contribution >= 0.6 is 12.2 Å². The predicted molar refractivity (Wildman–Crippen MR) is 287 cm³/mol. The fourth-order valence-corrected chi connectivity index (χ4v) is 20.0. The number of hydrogen-bond donors (Lipinski definition) is 3. The van der Waals surface area contributed by atoms with E-state index in [1.54, 1.807) is 24.3 Å². The van der Waals surface area contributed by atoms with E-state index < -0.39 is 94.4 Å². The van der Waals surface area contributed by atoms with Crippen molar-refractivity contribution in [2.45, 2.75) is 113 Å². The zero-order valence-electron chi connectivity index (χ0n) is 42.1. The zero-order chi connectivity index (χ0) is 51.4. The fourth-order valence-electron chi connectivity index (χ4n) is 10.7. The Morgan fingerprint density at radius 3 is 1.53 bits per heavy atom. The van der Waals surface area contributed by atoms with Gasteiger partial charge in [-0.25, -0.2) is 0 Å². The molecule has 0 saturated carbocycles. The molecule has 3 heterocycles. The first-order valence-corrected chi connectivity index (χ1v) is 29.1. The number of aliphatic hydroxyl groups is 3. The zero-order valence-corrected chi connectivity index (χ0v) is 44.9. The highest BCUT2D eigenvalue weighted by atomic mass is 32.1. The lowest BCUT2D eigenvalue weighted by molar-refractivity contribution is -0.404. The summed E-state index contributed by atoms with van der Waals surface area (Å²) in [5.41, 5.74) is 0.745. The van der Waals surface area contributed by atoms with Crippen molar-refractivity contribution >= 4 is 54.8 Å². The molecular formula is C58H66O12SSi2. The number of ether oxygens (including phenoxy) is 7. The van der Waals surface area contributed by atoms with Crippen molar-refractivity contribution in [1.82, 2.24) is 0 Å². The quantitative estimate of drug-likeness (QED) is 0.0724. The van der Waals surface area contributed by atoms with Gasteiger partial charge in [0, 0.05) is 17.8 Å². The first-order valence-electron chi connectivity index (χ1n) is 24.9. The minimum absolute atomic E-state index is 0.00855. The molecule has 3 aliphatic rings.